The van der Waals surface area contributed by atoms with Gasteiger partial charge in [-0.15, -0.1) is 0 Å². The van der Waals surface area contributed by atoms with Gasteiger partial charge < -0.3 is 4.18 Å². The van der Waals surface area contributed by atoms with Gasteiger partial charge in [0.1, 0.15) is 0 Å². The van der Waals surface area contributed by atoms with Crippen LogP contribution < -0.4 is 0 Å². The van der Waals surface area contributed by atoms with Crippen molar-refractivity contribution in [3.05, 3.63) is 28.8 Å². The SMILES string of the molecule is COSc1c(C)cc(C)cc1C. The molecule has 0 atom stereocenters. The van der Waals surface area contributed by atoms with Crippen LogP contribution in [0, 0.1) is 20.8 Å². The van der Waals surface area contributed by atoms with Crippen LogP contribution in [0.4, 0.5) is 0 Å². The van der Waals surface area contributed by atoms with E-state index in [1.807, 2.05) is 0 Å². The molecule has 0 aliphatic rings. The van der Waals surface area contributed by atoms with E-state index in [1.165, 1.54) is 33.6 Å². The molecular formula is C10H14OS. The molecule has 0 spiro atoms. The molecule has 0 bridgehead atoms. The minimum absolute atomic E-state index is 1.24. The lowest BCUT2D eigenvalue weighted by molar-refractivity contribution is 0.489. The fourth-order valence-electron chi connectivity index (χ4n) is 1.38. The van der Waals surface area contributed by atoms with Crippen LogP contribution in [0.1, 0.15) is 16.7 Å². The van der Waals surface area contributed by atoms with Crippen molar-refractivity contribution in [2.75, 3.05) is 7.11 Å². The smallest absolute Gasteiger partial charge is 0.0508 e. The van der Waals surface area contributed by atoms with Crippen LogP contribution in [0.15, 0.2) is 17.0 Å². The van der Waals surface area contributed by atoms with E-state index in [2.05, 4.69) is 32.9 Å². The van der Waals surface area contributed by atoms with Gasteiger partial charge in [-0.05, 0) is 31.9 Å². The summed E-state index contributed by atoms with van der Waals surface area (Å²) in [6.07, 6.45) is 0. The standard InChI is InChI=1S/C10H14OS/c1-7-5-8(2)10(12-11-4)9(3)6-7/h5-6H,1-4H3. The highest BCUT2D eigenvalue weighted by atomic mass is 32.2. The first-order valence-electron chi connectivity index (χ1n) is 3.93. The van der Waals surface area contributed by atoms with Crippen LogP contribution in [-0.2, 0) is 4.18 Å². The summed E-state index contributed by atoms with van der Waals surface area (Å²) in [5, 5.41) is 0. The number of benzene rings is 1. The number of aryl methyl sites for hydroxylation is 3. The monoisotopic (exact) mass is 182 g/mol. The van der Waals surface area contributed by atoms with Gasteiger partial charge in [0.05, 0.1) is 7.11 Å². The normalized spacial score (nSPS) is 10.3. The van der Waals surface area contributed by atoms with E-state index >= 15 is 0 Å². The Labute approximate surface area is 78.3 Å². The highest BCUT2D eigenvalue weighted by molar-refractivity contribution is 7.94. The van der Waals surface area contributed by atoms with Crippen molar-refractivity contribution in [1.29, 1.82) is 0 Å². The lowest BCUT2D eigenvalue weighted by atomic mass is 10.1. The molecule has 66 valence electrons. The van der Waals surface area contributed by atoms with Crippen molar-refractivity contribution >= 4 is 12.0 Å². The highest BCUT2D eigenvalue weighted by Gasteiger charge is 2.03. The predicted molar refractivity (Wildman–Crippen MR) is 53.5 cm³/mol. The summed E-state index contributed by atoms with van der Waals surface area (Å²) < 4.78 is 5.05. The van der Waals surface area contributed by atoms with Gasteiger partial charge in [-0.25, -0.2) is 0 Å². The number of hydrogen-bond donors (Lipinski definition) is 0. The molecule has 0 N–H and O–H groups in total. The van der Waals surface area contributed by atoms with Gasteiger partial charge >= 0.3 is 0 Å². The van der Waals surface area contributed by atoms with Crippen LogP contribution >= 0.6 is 12.0 Å². The Morgan fingerprint density at radius 2 is 1.58 bits per heavy atom. The molecule has 1 aromatic carbocycles. The average molecular weight is 182 g/mol. The molecule has 0 radical (unpaired) electrons. The first kappa shape index (κ1) is 9.62. The molecule has 12 heavy (non-hydrogen) atoms. The summed E-state index contributed by atoms with van der Waals surface area (Å²) in [7, 11) is 1.70. The maximum absolute atomic E-state index is 5.05. The number of rotatable bonds is 2. The lowest BCUT2D eigenvalue weighted by Gasteiger charge is -2.08. The summed E-state index contributed by atoms with van der Waals surface area (Å²) in [6, 6.07) is 4.35. The van der Waals surface area contributed by atoms with Crippen molar-refractivity contribution in [3.63, 3.8) is 0 Å². The summed E-state index contributed by atoms with van der Waals surface area (Å²) in [5.74, 6) is 0. The van der Waals surface area contributed by atoms with Crippen LogP contribution in [0.2, 0.25) is 0 Å². The molecule has 2 heteroatoms. The second kappa shape index (κ2) is 3.97. The van der Waals surface area contributed by atoms with Gasteiger partial charge in [0, 0.05) is 16.9 Å². The Kier molecular flexibility index (Phi) is 3.18. The molecule has 0 unspecified atom stereocenters. The van der Waals surface area contributed by atoms with E-state index in [0.717, 1.165) is 0 Å². The molecule has 1 rings (SSSR count). The molecule has 1 aromatic rings. The summed E-state index contributed by atoms with van der Waals surface area (Å²) in [4.78, 5) is 1.24. The molecule has 0 aliphatic carbocycles. The zero-order chi connectivity index (χ0) is 9.14. The molecule has 0 saturated heterocycles. The fraction of sp³-hybridized carbons (Fsp3) is 0.400. The van der Waals surface area contributed by atoms with E-state index in [4.69, 9.17) is 4.18 Å². The first-order chi connectivity index (χ1) is 5.65. The van der Waals surface area contributed by atoms with Gasteiger partial charge in [0.2, 0.25) is 0 Å². The molecule has 0 aliphatic heterocycles. The van der Waals surface area contributed by atoms with Crippen LogP contribution in [-0.4, -0.2) is 7.11 Å². The summed E-state index contributed by atoms with van der Waals surface area (Å²) in [6.45, 7) is 6.34. The molecular weight excluding hydrogens is 168 g/mol. The van der Waals surface area contributed by atoms with E-state index in [-0.39, 0.29) is 0 Å². The molecule has 0 saturated carbocycles. The average Bonchev–Trinajstić information content (AvgIpc) is 1.96. The Hall–Kier alpha value is -0.470. The van der Waals surface area contributed by atoms with Gasteiger partial charge in [-0.3, -0.25) is 0 Å². The number of hydrogen-bond acceptors (Lipinski definition) is 2. The molecule has 0 heterocycles. The summed E-state index contributed by atoms with van der Waals surface area (Å²) >= 11 is 1.44. The van der Waals surface area contributed by atoms with Crippen LogP contribution in [0.25, 0.3) is 0 Å². The van der Waals surface area contributed by atoms with Crippen molar-refractivity contribution < 1.29 is 4.18 Å². The zero-order valence-electron chi connectivity index (χ0n) is 7.97. The van der Waals surface area contributed by atoms with Gasteiger partial charge in [0.15, 0.2) is 0 Å². The molecule has 0 fully saturated rings. The van der Waals surface area contributed by atoms with Crippen molar-refractivity contribution in [2.45, 2.75) is 25.7 Å². The Bertz CT molecular complexity index is 258. The largest absolute Gasteiger partial charge is 0.314 e. The van der Waals surface area contributed by atoms with Crippen LogP contribution in [0.3, 0.4) is 0 Å². The molecule has 0 amide bonds. The maximum Gasteiger partial charge on any atom is 0.0508 e. The highest BCUT2D eigenvalue weighted by Crippen LogP contribution is 2.27. The quantitative estimate of drug-likeness (QED) is 0.649. The van der Waals surface area contributed by atoms with Gasteiger partial charge in [0.25, 0.3) is 0 Å². The first-order valence-corrected chi connectivity index (χ1v) is 4.68. The minimum atomic E-state index is 1.24. The Morgan fingerprint density at radius 3 is 2.00 bits per heavy atom. The fourth-order valence-corrected chi connectivity index (χ4v) is 1.93. The molecule has 1 nitrogen and oxygen atoms in total. The third-order valence-electron chi connectivity index (χ3n) is 1.77. The Balaban J connectivity index is 3.10. The topological polar surface area (TPSA) is 9.23 Å². The van der Waals surface area contributed by atoms with E-state index in [9.17, 15) is 0 Å². The van der Waals surface area contributed by atoms with E-state index in [1.54, 1.807) is 7.11 Å². The van der Waals surface area contributed by atoms with Crippen LogP contribution in [0.5, 0.6) is 0 Å². The van der Waals surface area contributed by atoms with E-state index in [0.29, 0.717) is 0 Å². The third-order valence-corrected chi connectivity index (χ3v) is 2.75. The van der Waals surface area contributed by atoms with Gasteiger partial charge in [-0.1, -0.05) is 17.7 Å². The third kappa shape index (κ3) is 2.02. The second-order valence-electron chi connectivity index (χ2n) is 2.98. The molecule has 0 aromatic heterocycles. The lowest BCUT2D eigenvalue weighted by Crippen LogP contribution is -1.87. The van der Waals surface area contributed by atoms with Crippen molar-refractivity contribution in [2.24, 2.45) is 0 Å². The maximum atomic E-state index is 5.05. The Morgan fingerprint density at radius 1 is 1.08 bits per heavy atom. The van der Waals surface area contributed by atoms with Gasteiger partial charge in [-0.2, -0.15) is 0 Å². The van der Waals surface area contributed by atoms with Crippen molar-refractivity contribution in [3.8, 4) is 0 Å². The predicted octanol–water partition coefficient (Wildman–Crippen LogP) is 3.27. The van der Waals surface area contributed by atoms with E-state index < -0.39 is 0 Å². The second-order valence-corrected chi connectivity index (χ2v) is 3.89. The zero-order valence-corrected chi connectivity index (χ0v) is 8.79. The minimum Gasteiger partial charge on any atom is -0.314 e. The summed E-state index contributed by atoms with van der Waals surface area (Å²) in [5.41, 5.74) is 3.89. The van der Waals surface area contributed by atoms with Crippen molar-refractivity contribution in [1.82, 2.24) is 0 Å².